The van der Waals surface area contributed by atoms with E-state index in [1.807, 2.05) is 19.9 Å². The second-order valence-corrected chi connectivity index (χ2v) is 6.23. The second-order valence-electron chi connectivity index (χ2n) is 6.23. The van der Waals surface area contributed by atoms with E-state index in [9.17, 15) is 14.4 Å². The van der Waals surface area contributed by atoms with Gasteiger partial charge in [0, 0.05) is 5.69 Å². The van der Waals surface area contributed by atoms with Crippen LogP contribution in [-0.2, 0) is 14.3 Å². The summed E-state index contributed by atoms with van der Waals surface area (Å²) in [7, 11) is 0. The zero-order chi connectivity index (χ0) is 20.4. The van der Waals surface area contributed by atoms with Crippen LogP contribution in [0.1, 0.15) is 34.3 Å². The molecular weight excluding hydrogens is 360 g/mol. The summed E-state index contributed by atoms with van der Waals surface area (Å²) >= 11 is 0. The molecule has 1 amide bonds. The van der Waals surface area contributed by atoms with Gasteiger partial charge in [-0.15, -0.1) is 0 Å². The minimum atomic E-state index is -0.612. The van der Waals surface area contributed by atoms with Crippen LogP contribution in [0.3, 0.4) is 0 Å². The summed E-state index contributed by atoms with van der Waals surface area (Å²) in [6.07, 6.45) is 1.96. The van der Waals surface area contributed by atoms with Gasteiger partial charge in [0.2, 0.25) is 6.08 Å². The van der Waals surface area contributed by atoms with Crippen molar-refractivity contribution in [3.8, 4) is 0 Å². The maximum atomic E-state index is 12.0. The molecule has 2 aromatic rings. The first kappa shape index (κ1) is 20.9. The van der Waals surface area contributed by atoms with Crippen LogP contribution < -0.4 is 5.32 Å². The highest BCUT2D eigenvalue weighted by molar-refractivity contribution is 5.89. The second kappa shape index (κ2) is 10.6. The van der Waals surface area contributed by atoms with Gasteiger partial charge in [-0.3, -0.25) is 5.32 Å². The number of hydrogen-bond acceptors (Lipinski definition) is 6. The maximum Gasteiger partial charge on any atom is 0.411 e. The van der Waals surface area contributed by atoms with Gasteiger partial charge in [0.05, 0.1) is 24.5 Å². The van der Waals surface area contributed by atoms with E-state index in [2.05, 4.69) is 10.3 Å². The number of hydrogen-bond donors (Lipinski definition) is 1. The van der Waals surface area contributed by atoms with Crippen LogP contribution in [-0.4, -0.2) is 31.4 Å². The number of aliphatic imine (C=N–C) groups is 1. The molecule has 0 fully saturated rings. The average molecular weight is 382 g/mol. The number of nitrogens with one attached hydrogen (secondary N) is 1. The Balaban J connectivity index is 1.64. The number of anilines is 1. The molecule has 146 valence electrons. The highest BCUT2D eigenvalue weighted by Crippen LogP contribution is 2.17. The van der Waals surface area contributed by atoms with Crippen molar-refractivity contribution in [1.82, 2.24) is 0 Å². The molecule has 1 N–H and O–H groups in total. The number of nitrogens with zero attached hydrogens (tertiary/aromatic N) is 1. The molecule has 0 saturated heterocycles. The van der Waals surface area contributed by atoms with Gasteiger partial charge in [-0.1, -0.05) is 23.3 Å². The fraction of sp³-hybridized carbons (Fsp3) is 0.286. The fourth-order valence-electron chi connectivity index (χ4n) is 2.57. The van der Waals surface area contributed by atoms with Crippen LogP contribution in [0.15, 0.2) is 47.5 Å². The molecule has 0 heterocycles. The third-order valence-electron chi connectivity index (χ3n) is 3.73. The lowest BCUT2D eigenvalue weighted by Gasteiger charge is -2.08. The fourth-order valence-corrected chi connectivity index (χ4v) is 2.57. The molecular formula is C21H22N2O5. The predicted molar refractivity (Wildman–Crippen MR) is 105 cm³/mol. The Morgan fingerprint density at radius 3 is 2.36 bits per heavy atom. The Bertz CT molecular complexity index is 868. The first-order valence-corrected chi connectivity index (χ1v) is 8.85. The lowest BCUT2D eigenvalue weighted by Crippen LogP contribution is -2.14. The standard InChI is InChI=1S/C21H22N2O5/c1-15-10-16(2)12-17(11-15)20(25)27-8-3-4-9-28-21(26)23-19-7-5-6-18(13-19)22-14-24/h5-7,10-13H,3-4,8-9H2,1-2H3,(H,23,26). The van der Waals surface area contributed by atoms with Crippen LogP contribution in [0, 0.1) is 13.8 Å². The number of carbonyl (C=O) groups is 2. The van der Waals surface area contributed by atoms with Crippen LogP contribution in [0.25, 0.3) is 0 Å². The van der Waals surface area contributed by atoms with Crippen molar-refractivity contribution in [3.05, 3.63) is 59.2 Å². The molecule has 7 nitrogen and oxygen atoms in total. The first-order valence-electron chi connectivity index (χ1n) is 8.85. The van der Waals surface area contributed by atoms with Crippen molar-refractivity contribution >= 4 is 29.5 Å². The molecule has 0 spiro atoms. The number of aryl methyl sites for hydroxylation is 2. The molecule has 2 rings (SSSR count). The molecule has 0 aromatic heterocycles. The van der Waals surface area contributed by atoms with Crippen molar-refractivity contribution in [2.75, 3.05) is 18.5 Å². The molecule has 0 atom stereocenters. The summed E-state index contributed by atoms with van der Waals surface area (Å²) in [4.78, 5) is 37.5. The van der Waals surface area contributed by atoms with Crippen molar-refractivity contribution < 1.29 is 23.9 Å². The minimum Gasteiger partial charge on any atom is -0.462 e. The van der Waals surface area contributed by atoms with Gasteiger partial charge >= 0.3 is 12.1 Å². The summed E-state index contributed by atoms with van der Waals surface area (Å²) in [5.41, 5.74) is 3.40. The molecule has 0 bridgehead atoms. The molecule has 2 aromatic carbocycles. The van der Waals surface area contributed by atoms with E-state index in [1.54, 1.807) is 30.3 Å². The number of rotatable bonds is 8. The van der Waals surface area contributed by atoms with Crippen molar-refractivity contribution in [2.24, 2.45) is 4.99 Å². The number of ether oxygens (including phenoxy) is 2. The summed E-state index contributed by atoms with van der Waals surface area (Å²) in [6.45, 7) is 4.30. The summed E-state index contributed by atoms with van der Waals surface area (Å²) in [6, 6.07) is 12.0. The van der Waals surface area contributed by atoms with E-state index in [-0.39, 0.29) is 19.2 Å². The number of unbranched alkanes of at least 4 members (excludes halogenated alkanes) is 1. The highest BCUT2D eigenvalue weighted by Gasteiger charge is 2.08. The third kappa shape index (κ3) is 7.05. The molecule has 0 aliphatic heterocycles. The van der Waals surface area contributed by atoms with Gasteiger partial charge in [0.15, 0.2) is 0 Å². The Morgan fingerprint density at radius 1 is 1.00 bits per heavy atom. The molecule has 7 heteroatoms. The van der Waals surface area contributed by atoms with E-state index in [4.69, 9.17) is 9.47 Å². The Kier molecular flexibility index (Phi) is 7.93. The minimum absolute atomic E-state index is 0.194. The van der Waals surface area contributed by atoms with Crippen LogP contribution in [0.5, 0.6) is 0 Å². The Hall–Kier alpha value is -3.44. The Morgan fingerprint density at radius 2 is 1.68 bits per heavy atom. The van der Waals surface area contributed by atoms with Crippen molar-refractivity contribution in [2.45, 2.75) is 26.7 Å². The van der Waals surface area contributed by atoms with Crippen LogP contribution in [0.4, 0.5) is 16.2 Å². The normalized spacial score (nSPS) is 9.93. The zero-order valence-corrected chi connectivity index (χ0v) is 15.9. The van der Waals surface area contributed by atoms with Crippen molar-refractivity contribution in [3.63, 3.8) is 0 Å². The summed E-state index contributed by atoms with van der Waals surface area (Å²) in [5, 5.41) is 2.55. The highest BCUT2D eigenvalue weighted by atomic mass is 16.5. The average Bonchev–Trinajstić information content (AvgIpc) is 2.64. The largest absolute Gasteiger partial charge is 0.462 e. The predicted octanol–water partition coefficient (Wildman–Crippen LogP) is 4.46. The molecule has 0 aliphatic carbocycles. The van der Waals surface area contributed by atoms with E-state index in [0.29, 0.717) is 29.8 Å². The topological polar surface area (TPSA) is 94.1 Å². The van der Waals surface area contributed by atoms with E-state index < -0.39 is 6.09 Å². The Labute approximate surface area is 163 Å². The lowest BCUT2D eigenvalue weighted by molar-refractivity contribution is 0.0490. The number of benzene rings is 2. The van der Waals surface area contributed by atoms with Gasteiger partial charge in [-0.25, -0.2) is 14.4 Å². The van der Waals surface area contributed by atoms with Gasteiger partial charge in [0.1, 0.15) is 0 Å². The molecule has 0 radical (unpaired) electrons. The van der Waals surface area contributed by atoms with E-state index in [1.165, 1.54) is 12.1 Å². The molecule has 28 heavy (non-hydrogen) atoms. The number of carbonyl (C=O) groups excluding carboxylic acids is 3. The molecule has 0 saturated carbocycles. The lowest BCUT2D eigenvalue weighted by atomic mass is 10.1. The zero-order valence-electron chi connectivity index (χ0n) is 15.9. The van der Waals surface area contributed by atoms with Gasteiger partial charge in [-0.05, 0) is 57.0 Å². The van der Waals surface area contributed by atoms with Gasteiger partial charge < -0.3 is 9.47 Å². The van der Waals surface area contributed by atoms with Gasteiger partial charge in [-0.2, -0.15) is 4.99 Å². The monoisotopic (exact) mass is 382 g/mol. The number of esters is 1. The quantitative estimate of drug-likeness (QED) is 0.315. The van der Waals surface area contributed by atoms with Crippen LogP contribution >= 0.6 is 0 Å². The number of isocyanates is 1. The van der Waals surface area contributed by atoms with E-state index in [0.717, 1.165) is 11.1 Å². The summed E-state index contributed by atoms with van der Waals surface area (Å²) in [5.74, 6) is -0.358. The SMILES string of the molecule is Cc1cc(C)cc(C(=O)OCCCCOC(=O)Nc2cccc(N=C=O)c2)c1. The van der Waals surface area contributed by atoms with Gasteiger partial charge in [0.25, 0.3) is 0 Å². The summed E-state index contributed by atoms with van der Waals surface area (Å²) < 4.78 is 10.3. The van der Waals surface area contributed by atoms with E-state index >= 15 is 0 Å². The smallest absolute Gasteiger partial charge is 0.411 e. The molecule has 0 aliphatic rings. The third-order valence-corrected chi connectivity index (χ3v) is 3.73. The first-order chi connectivity index (χ1) is 13.5. The molecule has 0 unspecified atom stereocenters. The maximum absolute atomic E-state index is 12.0. The van der Waals surface area contributed by atoms with Crippen LogP contribution in [0.2, 0.25) is 0 Å². The van der Waals surface area contributed by atoms with Crippen molar-refractivity contribution in [1.29, 1.82) is 0 Å². The number of amides is 1.